The maximum Gasteiger partial charge on any atom is 0.252 e. The molecule has 1 aromatic carbocycles. The van der Waals surface area contributed by atoms with Crippen molar-refractivity contribution in [1.29, 1.82) is 0 Å². The number of carbonyl (C=O) groups is 2. The molecule has 0 radical (unpaired) electrons. The van der Waals surface area contributed by atoms with Crippen molar-refractivity contribution >= 4 is 23.2 Å². The lowest BCUT2D eigenvalue weighted by Crippen LogP contribution is -2.31. The average molecular weight is 342 g/mol. The van der Waals surface area contributed by atoms with E-state index in [1.165, 1.54) is 11.3 Å². The normalized spacial score (nSPS) is 18.2. The Kier molecular flexibility index (Phi) is 5.64. The molecular formula is C19H22N2O2S. The van der Waals surface area contributed by atoms with Crippen molar-refractivity contribution in [2.24, 2.45) is 5.92 Å². The molecule has 1 aromatic heterocycles. The van der Waals surface area contributed by atoms with Gasteiger partial charge in [-0.3, -0.25) is 9.59 Å². The van der Waals surface area contributed by atoms with E-state index in [0.29, 0.717) is 25.4 Å². The van der Waals surface area contributed by atoms with E-state index < -0.39 is 0 Å². The van der Waals surface area contributed by atoms with E-state index in [-0.39, 0.29) is 11.8 Å². The van der Waals surface area contributed by atoms with Crippen LogP contribution >= 0.6 is 11.3 Å². The number of likely N-dealkylation sites (tertiary alicyclic amines) is 1. The summed E-state index contributed by atoms with van der Waals surface area (Å²) >= 11 is 1.52. The Bertz CT molecular complexity index is 670. The van der Waals surface area contributed by atoms with Crippen molar-refractivity contribution in [2.45, 2.75) is 25.8 Å². The molecule has 2 amide bonds. The molecule has 1 N–H and O–H groups in total. The van der Waals surface area contributed by atoms with Crippen LogP contribution in [-0.2, 0) is 11.3 Å². The predicted octanol–water partition coefficient (Wildman–Crippen LogP) is 3.31. The van der Waals surface area contributed by atoms with E-state index in [1.54, 1.807) is 0 Å². The van der Waals surface area contributed by atoms with Gasteiger partial charge in [-0.1, -0.05) is 30.3 Å². The highest BCUT2D eigenvalue weighted by Gasteiger charge is 2.23. The number of hydrogen-bond acceptors (Lipinski definition) is 3. The predicted molar refractivity (Wildman–Crippen MR) is 95.9 cm³/mol. The Hall–Kier alpha value is -2.14. The van der Waals surface area contributed by atoms with Crippen LogP contribution in [0.25, 0.3) is 0 Å². The maximum atomic E-state index is 12.3. The van der Waals surface area contributed by atoms with Crippen molar-refractivity contribution in [2.75, 3.05) is 13.1 Å². The summed E-state index contributed by atoms with van der Waals surface area (Å²) in [4.78, 5) is 26.3. The molecule has 1 saturated heterocycles. The number of carbonyl (C=O) groups excluding carboxylic acids is 2. The standard InChI is InChI=1S/C19H22N2O2S/c22-18-7-6-15(12-20-19(23)17-9-11-24-14-17)8-10-21(18)13-16-4-2-1-3-5-16/h1-5,9,11,14-15H,6-8,10,12-13H2,(H,20,23). The van der Waals surface area contributed by atoms with Gasteiger partial charge in [0, 0.05) is 37.0 Å². The van der Waals surface area contributed by atoms with Crippen molar-refractivity contribution in [3.63, 3.8) is 0 Å². The Labute approximate surface area is 146 Å². The number of rotatable bonds is 5. The van der Waals surface area contributed by atoms with Gasteiger partial charge in [-0.2, -0.15) is 11.3 Å². The molecule has 0 spiro atoms. The number of benzene rings is 1. The molecule has 2 aromatic rings. The van der Waals surface area contributed by atoms with E-state index >= 15 is 0 Å². The van der Waals surface area contributed by atoms with Gasteiger partial charge in [-0.25, -0.2) is 0 Å². The fourth-order valence-electron chi connectivity index (χ4n) is 3.00. The third kappa shape index (κ3) is 4.45. The van der Waals surface area contributed by atoms with Crippen molar-refractivity contribution in [3.8, 4) is 0 Å². The Balaban J connectivity index is 1.50. The quantitative estimate of drug-likeness (QED) is 0.906. The number of nitrogens with one attached hydrogen (secondary N) is 1. The second-order valence-electron chi connectivity index (χ2n) is 6.22. The summed E-state index contributed by atoms with van der Waals surface area (Å²) in [5.41, 5.74) is 1.88. The van der Waals surface area contributed by atoms with Crippen LogP contribution in [0, 0.1) is 5.92 Å². The Morgan fingerprint density at radius 1 is 1.21 bits per heavy atom. The SMILES string of the molecule is O=C(NCC1CCC(=O)N(Cc2ccccc2)CC1)c1ccsc1. The van der Waals surface area contributed by atoms with Gasteiger partial charge >= 0.3 is 0 Å². The largest absolute Gasteiger partial charge is 0.352 e. The lowest BCUT2D eigenvalue weighted by Gasteiger charge is -2.21. The third-order valence-electron chi connectivity index (χ3n) is 4.48. The minimum Gasteiger partial charge on any atom is -0.352 e. The summed E-state index contributed by atoms with van der Waals surface area (Å²) < 4.78 is 0. The van der Waals surface area contributed by atoms with Crippen LogP contribution in [0.5, 0.6) is 0 Å². The molecule has 5 heteroatoms. The first-order valence-electron chi connectivity index (χ1n) is 8.34. The smallest absolute Gasteiger partial charge is 0.252 e. The molecule has 1 unspecified atom stereocenters. The monoisotopic (exact) mass is 342 g/mol. The van der Waals surface area contributed by atoms with Crippen molar-refractivity contribution in [3.05, 3.63) is 58.3 Å². The topological polar surface area (TPSA) is 49.4 Å². The highest BCUT2D eigenvalue weighted by Crippen LogP contribution is 2.20. The second-order valence-corrected chi connectivity index (χ2v) is 7.00. The molecule has 4 nitrogen and oxygen atoms in total. The molecule has 2 heterocycles. The summed E-state index contributed by atoms with van der Waals surface area (Å²) in [6.07, 6.45) is 2.34. The van der Waals surface area contributed by atoms with Crippen molar-refractivity contribution < 1.29 is 9.59 Å². The van der Waals surface area contributed by atoms with E-state index in [0.717, 1.165) is 30.5 Å². The Morgan fingerprint density at radius 2 is 2.04 bits per heavy atom. The number of nitrogens with zero attached hydrogens (tertiary/aromatic N) is 1. The maximum absolute atomic E-state index is 12.3. The summed E-state index contributed by atoms with van der Waals surface area (Å²) in [6, 6.07) is 11.9. The number of thiophene rings is 1. The summed E-state index contributed by atoms with van der Waals surface area (Å²) in [5, 5.41) is 6.76. The van der Waals surface area contributed by atoms with Crippen LogP contribution in [0.3, 0.4) is 0 Å². The molecule has 0 aliphatic carbocycles. The molecule has 3 rings (SSSR count). The first-order valence-corrected chi connectivity index (χ1v) is 9.29. The van der Waals surface area contributed by atoms with Gasteiger partial charge in [0.15, 0.2) is 0 Å². The molecule has 0 saturated carbocycles. The zero-order chi connectivity index (χ0) is 16.8. The summed E-state index contributed by atoms with van der Waals surface area (Å²) in [6.45, 7) is 2.07. The highest BCUT2D eigenvalue weighted by molar-refractivity contribution is 7.08. The molecule has 1 atom stereocenters. The number of hydrogen-bond donors (Lipinski definition) is 1. The molecular weight excluding hydrogens is 320 g/mol. The number of amides is 2. The van der Waals surface area contributed by atoms with Crippen LogP contribution in [0.1, 0.15) is 35.2 Å². The van der Waals surface area contributed by atoms with E-state index in [2.05, 4.69) is 17.4 Å². The molecule has 1 aliphatic heterocycles. The van der Waals surface area contributed by atoms with E-state index in [1.807, 2.05) is 39.9 Å². The van der Waals surface area contributed by atoms with Gasteiger partial charge in [-0.15, -0.1) is 0 Å². The van der Waals surface area contributed by atoms with E-state index in [4.69, 9.17) is 0 Å². The molecule has 1 fully saturated rings. The van der Waals surface area contributed by atoms with Gasteiger partial charge in [0.1, 0.15) is 0 Å². The van der Waals surface area contributed by atoms with Crippen LogP contribution in [-0.4, -0.2) is 29.8 Å². The fraction of sp³-hybridized carbons (Fsp3) is 0.368. The van der Waals surface area contributed by atoms with Gasteiger partial charge in [0.05, 0.1) is 0 Å². The average Bonchev–Trinajstić information content (AvgIpc) is 3.09. The summed E-state index contributed by atoms with van der Waals surface area (Å²) in [7, 11) is 0. The summed E-state index contributed by atoms with van der Waals surface area (Å²) in [5.74, 6) is 0.552. The van der Waals surface area contributed by atoms with Gasteiger partial charge in [0.2, 0.25) is 5.91 Å². The molecule has 24 heavy (non-hydrogen) atoms. The van der Waals surface area contributed by atoms with Crippen LogP contribution < -0.4 is 5.32 Å². The Morgan fingerprint density at radius 3 is 2.79 bits per heavy atom. The van der Waals surface area contributed by atoms with Crippen LogP contribution in [0.2, 0.25) is 0 Å². The highest BCUT2D eigenvalue weighted by atomic mass is 32.1. The first-order chi connectivity index (χ1) is 11.7. The lowest BCUT2D eigenvalue weighted by molar-refractivity contribution is -0.131. The van der Waals surface area contributed by atoms with Crippen molar-refractivity contribution in [1.82, 2.24) is 10.2 Å². The fourth-order valence-corrected chi connectivity index (χ4v) is 3.64. The van der Waals surface area contributed by atoms with Crippen LogP contribution in [0.15, 0.2) is 47.2 Å². The minimum atomic E-state index is -0.0204. The molecule has 1 aliphatic rings. The van der Waals surface area contributed by atoms with E-state index in [9.17, 15) is 9.59 Å². The molecule has 0 bridgehead atoms. The van der Waals surface area contributed by atoms with Crippen LogP contribution in [0.4, 0.5) is 0 Å². The first kappa shape index (κ1) is 16.7. The molecule has 126 valence electrons. The second kappa shape index (κ2) is 8.11. The zero-order valence-corrected chi connectivity index (χ0v) is 14.4. The minimum absolute atomic E-state index is 0.0204. The lowest BCUT2D eigenvalue weighted by atomic mass is 10.0. The van der Waals surface area contributed by atoms with Gasteiger partial charge in [-0.05, 0) is 35.8 Å². The van der Waals surface area contributed by atoms with Gasteiger partial charge < -0.3 is 10.2 Å². The third-order valence-corrected chi connectivity index (χ3v) is 5.16. The zero-order valence-electron chi connectivity index (χ0n) is 13.6. The van der Waals surface area contributed by atoms with Gasteiger partial charge in [0.25, 0.3) is 5.91 Å².